The van der Waals surface area contributed by atoms with Crippen molar-refractivity contribution in [3.8, 4) is 5.75 Å². The average Bonchev–Trinajstić information content (AvgIpc) is 2.73. The maximum absolute atomic E-state index is 5.83. The van der Waals surface area contributed by atoms with E-state index in [2.05, 4.69) is 19.2 Å². The van der Waals surface area contributed by atoms with Crippen molar-refractivity contribution in [2.45, 2.75) is 39.2 Å². The molecule has 18 heavy (non-hydrogen) atoms. The lowest BCUT2D eigenvalue weighted by molar-refractivity contribution is 0.391. The molecule has 3 N–H and O–H groups in total. The summed E-state index contributed by atoms with van der Waals surface area (Å²) in [5.41, 5.74) is 7.62. The first-order valence-electron chi connectivity index (χ1n) is 6.85. The summed E-state index contributed by atoms with van der Waals surface area (Å²) in [5.74, 6) is 2.34. The summed E-state index contributed by atoms with van der Waals surface area (Å²) >= 11 is 0. The number of benzene rings is 1. The fraction of sp³-hybridized carbons (Fsp3) is 0.600. The summed E-state index contributed by atoms with van der Waals surface area (Å²) in [6, 6.07) is 6.49. The Hall–Kier alpha value is -1.38. The van der Waals surface area contributed by atoms with Crippen molar-refractivity contribution in [1.29, 1.82) is 0 Å². The van der Waals surface area contributed by atoms with Gasteiger partial charge in [0.15, 0.2) is 0 Å². The molecule has 3 atom stereocenters. The van der Waals surface area contributed by atoms with Crippen LogP contribution >= 0.6 is 0 Å². The number of hydrogen-bond acceptors (Lipinski definition) is 3. The van der Waals surface area contributed by atoms with E-state index in [9.17, 15) is 0 Å². The number of rotatable bonds is 4. The van der Waals surface area contributed by atoms with Gasteiger partial charge in [-0.3, -0.25) is 0 Å². The van der Waals surface area contributed by atoms with E-state index in [0.717, 1.165) is 23.3 Å². The minimum Gasteiger partial charge on any atom is -0.495 e. The highest BCUT2D eigenvalue weighted by Gasteiger charge is 2.31. The van der Waals surface area contributed by atoms with E-state index < -0.39 is 0 Å². The zero-order chi connectivity index (χ0) is 13.1. The lowest BCUT2D eigenvalue weighted by Crippen LogP contribution is -2.24. The molecule has 0 aliphatic heterocycles. The highest BCUT2D eigenvalue weighted by Crippen LogP contribution is 2.36. The first-order chi connectivity index (χ1) is 8.65. The number of anilines is 2. The second-order valence-electron chi connectivity index (χ2n) is 5.31. The average molecular weight is 248 g/mol. The molecule has 1 aromatic rings. The third-order valence-corrected chi connectivity index (χ3v) is 4.34. The van der Waals surface area contributed by atoms with E-state index in [1.165, 1.54) is 19.3 Å². The van der Waals surface area contributed by atoms with Gasteiger partial charge in [0.25, 0.3) is 0 Å². The lowest BCUT2D eigenvalue weighted by Gasteiger charge is -2.22. The van der Waals surface area contributed by atoms with Crippen LogP contribution < -0.4 is 15.8 Å². The SMILES string of the molecule is CCC1CCC(Nc2ccc(N)c(OC)c2)C1C. The van der Waals surface area contributed by atoms with Crippen LogP contribution in [-0.4, -0.2) is 13.2 Å². The molecule has 1 aromatic carbocycles. The van der Waals surface area contributed by atoms with Crippen molar-refractivity contribution in [3.63, 3.8) is 0 Å². The van der Waals surface area contributed by atoms with E-state index >= 15 is 0 Å². The zero-order valence-corrected chi connectivity index (χ0v) is 11.6. The quantitative estimate of drug-likeness (QED) is 0.801. The van der Waals surface area contributed by atoms with Crippen LogP contribution in [0.4, 0.5) is 11.4 Å². The normalized spacial score (nSPS) is 27.2. The molecule has 0 radical (unpaired) electrons. The van der Waals surface area contributed by atoms with Crippen molar-refractivity contribution in [1.82, 2.24) is 0 Å². The number of nitrogens with one attached hydrogen (secondary N) is 1. The second-order valence-corrected chi connectivity index (χ2v) is 5.31. The molecule has 3 nitrogen and oxygen atoms in total. The molecule has 1 fully saturated rings. The van der Waals surface area contributed by atoms with Gasteiger partial charge < -0.3 is 15.8 Å². The lowest BCUT2D eigenvalue weighted by atomic mass is 9.93. The topological polar surface area (TPSA) is 47.3 Å². The zero-order valence-electron chi connectivity index (χ0n) is 11.6. The Labute approximate surface area is 110 Å². The van der Waals surface area contributed by atoms with Crippen LogP contribution in [-0.2, 0) is 0 Å². The molecular formula is C15H24N2O. The Morgan fingerprint density at radius 3 is 2.78 bits per heavy atom. The maximum Gasteiger partial charge on any atom is 0.143 e. The number of nitrogens with two attached hydrogens (primary N) is 1. The fourth-order valence-electron chi connectivity index (χ4n) is 3.04. The van der Waals surface area contributed by atoms with Crippen molar-refractivity contribution in [2.24, 2.45) is 11.8 Å². The molecule has 0 bridgehead atoms. The summed E-state index contributed by atoms with van der Waals surface area (Å²) < 4.78 is 5.25. The van der Waals surface area contributed by atoms with E-state index in [1.807, 2.05) is 18.2 Å². The Morgan fingerprint density at radius 1 is 1.39 bits per heavy atom. The Kier molecular flexibility index (Phi) is 4.00. The van der Waals surface area contributed by atoms with E-state index in [-0.39, 0.29) is 0 Å². The van der Waals surface area contributed by atoms with Gasteiger partial charge in [-0.2, -0.15) is 0 Å². The number of nitrogen functional groups attached to an aromatic ring is 1. The molecule has 0 amide bonds. The Bertz CT molecular complexity index is 405. The van der Waals surface area contributed by atoms with Crippen LogP contribution in [0.3, 0.4) is 0 Å². The van der Waals surface area contributed by atoms with Gasteiger partial charge in [0.05, 0.1) is 12.8 Å². The third-order valence-electron chi connectivity index (χ3n) is 4.34. The third kappa shape index (κ3) is 2.55. The standard InChI is InChI=1S/C15H24N2O/c1-4-11-5-8-14(10(11)2)17-12-6-7-13(16)15(9-12)18-3/h6-7,9-11,14,17H,4-5,8,16H2,1-3H3. The van der Waals surface area contributed by atoms with E-state index in [4.69, 9.17) is 10.5 Å². The second kappa shape index (κ2) is 5.51. The smallest absolute Gasteiger partial charge is 0.143 e. The first kappa shape index (κ1) is 13.1. The largest absolute Gasteiger partial charge is 0.495 e. The maximum atomic E-state index is 5.83. The van der Waals surface area contributed by atoms with Crippen LogP contribution in [0, 0.1) is 11.8 Å². The van der Waals surface area contributed by atoms with E-state index in [1.54, 1.807) is 7.11 Å². The monoisotopic (exact) mass is 248 g/mol. The molecule has 100 valence electrons. The summed E-state index contributed by atoms with van der Waals surface area (Å²) in [6.45, 7) is 4.64. The first-order valence-corrected chi connectivity index (χ1v) is 6.85. The molecule has 1 aliphatic rings. The predicted molar refractivity (Wildman–Crippen MR) is 77.0 cm³/mol. The van der Waals surface area contributed by atoms with Gasteiger partial charge in [-0.15, -0.1) is 0 Å². The highest BCUT2D eigenvalue weighted by atomic mass is 16.5. The molecule has 1 saturated carbocycles. The molecule has 0 aromatic heterocycles. The summed E-state index contributed by atoms with van der Waals surface area (Å²) in [4.78, 5) is 0. The Balaban J connectivity index is 2.06. The van der Waals surface area contributed by atoms with Crippen LogP contribution in [0.1, 0.15) is 33.1 Å². The number of hydrogen-bond donors (Lipinski definition) is 2. The van der Waals surface area contributed by atoms with Gasteiger partial charge in [-0.25, -0.2) is 0 Å². The van der Waals surface area contributed by atoms with Gasteiger partial charge in [-0.05, 0) is 36.8 Å². The van der Waals surface area contributed by atoms with Crippen LogP contribution in [0.15, 0.2) is 18.2 Å². The highest BCUT2D eigenvalue weighted by molar-refractivity contribution is 5.61. The molecule has 0 saturated heterocycles. The summed E-state index contributed by atoms with van der Waals surface area (Å²) in [6.07, 6.45) is 3.87. The number of methoxy groups -OCH3 is 1. The van der Waals surface area contributed by atoms with Crippen molar-refractivity contribution in [2.75, 3.05) is 18.2 Å². The van der Waals surface area contributed by atoms with E-state index in [0.29, 0.717) is 11.7 Å². The van der Waals surface area contributed by atoms with Crippen molar-refractivity contribution < 1.29 is 4.74 Å². The van der Waals surface area contributed by atoms with Crippen LogP contribution in [0.5, 0.6) is 5.75 Å². The molecule has 2 rings (SSSR count). The molecule has 3 heteroatoms. The fourth-order valence-corrected chi connectivity index (χ4v) is 3.04. The molecule has 0 heterocycles. The van der Waals surface area contributed by atoms with Crippen LogP contribution in [0.25, 0.3) is 0 Å². The molecular weight excluding hydrogens is 224 g/mol. The minimum atomic E-state index is 0.572. The Morgan fingerprint density at radius 2 is 2.17 bits per heavy atom. The van der Waals surface area contributed by atoms with Gasteiger partial charge >= 0.3 is 0 Å². The van der Waals surface area contributed by atoms with Gasteiger partial charge in [0.1, 0.15) is 5.75 Å². The number of ether oxygens (including phenoxy) is 1. The molecule has 3 unspecified atom stereocenters. The molecule has 1 aliphatic carbocycles. The summed E-state index contributed by atoms with van der Waals surface area (Å²) in [5, 5.41) is 3.62. The van der Waals surface area contributed by atoms with Gasteiger partial charge in [0.2, 0.25) is 0 Å². The van der Waals surface area contributed by atoms with Crippen molar-refractivity contribution in [3.05, 3.63) is 18.2 Å². The predicted octanol–water partition coefficient (Wildman–Crippen LogP) is 3.51. The minimum absolute atomic E-state index is 0.572. The van der Waals surface area contributed by atoms with Gasteiger partial charge in [-0.1, -0.05) is 20.3 Å². The summed E-state index contributed by atoms with van der Waals surface area (Å²) in [7, 11) is 1.65. The van der Waals surface area contributed by atoms with Crippen LogP contribution in [0.2, 0.25) is 0 Å². The van der Waals surface area contributed by atoms with Crippen molar-refractivity contribution >= 4 is 11.4 Å². The molecule has 0 spiro atoms. The van der Waals surface area contributed by atoms with Gasteiger partial charge in [0, 0.05) is 17.8 Å².